The van der Waals surface area contributed by atoms with Gasteiger partial charge in [0.15, 0.2) is 0 Å². The first kappa shape index (κ1) is 21.9. The summed E-state index contributed by atoms with van der Waals surface area (Å²) in [5.41, 5.74) is 2.21. The molecule has 2 aromatic carbocycles. The van der Waals surface area contributed by atoms with Crippen molar-refractivity contribution >= 4 is 23.2 Å². The maximum absolute atomic E-state index is 12.6. The Morgan fingerprint density at radius 3 is 2.32 bits per heavy atom. The summed E-state index contributed by atoms with van der Waals surface area (Å²) in [6.45, 7) is 0.915. The number of rotatable bonds is 7. The number of carbonyl (C=O) groups excluding carboxylic acids is 1. The molecule has 0 radical (unpaired) electrons. The molecule has 31 heavy (non-hydrogen) atoms. The molecule has 0 atom stereocenters. The third-order valence-electron chi connectivity index (χ3n) is 5.10. The fourth-order valence-electron chi connectivity index (χ4n) is 3.48. The Morgan fingerprint density at radius 1 is 1.10 bits per heavy atom. The molecule has 3 rings (SSSR count). The molecular weight excluding hydrogens is 400 g/mol. The van der Waals surface area contributed by atoms with Crippen LogP contribution >= 0.6 is 0 Å². The molecule has 0 saturated carbocycles. The summed E-state index contributed by atoms with van der Waals surface area (Å²) < 4.78 is 16.4. The van der Waals surface area contributed by atoms with E-state index in [9.17, 15) is 14.9 Å². The first-order valence-electron chi connectivity index (χ1n) is 9.68. The van der Waals surface area contributed by atoms with Gasteiger partial charge in [-0.1, -0.05) is 18.2 Å². The van der Waals surface area contributed by atoms with Gasteiger partial charge in [-0.05, 0) is 24.1 Å². The van der Waals surface area contributed by atoms with Gasteiger partial charge < -0.3 is 19.1 Å². The lowest BCUT2D eigenvalue weighted by molar-refractivity contribution is -0.385. The first-order valence-corrected chi connectivity index (χ1v) is 9.68. The first-order chi connectivity index (χ1) is 15.0. The highest BCUT2D eigenvalue weighted by atomic mass is 16.6. The smallest absolute Gasteiger partial charge is 0.276 e. The van der Waals surface area contributed by atoms with Crippen molar-refractivity contribution in [3.05, 3.63) is 69.8 Å². The molecule has 1 aliphatic heterocycles. The summed E-state index contributed by atoms with van der Waals surface area (Å²) in [6.07, 6.45) is 5.43. The monoisotopic (exact) mass is 424 g/mol. The Bertz CT molecular complexity index is 1020. The number of amides is 1. The van der Waals surface area contributed by atoms with Crippen LogP contribution in [0.25, 0.3) is 11.6 Å². The van der Waals surface area contributed by atoms with Gasteiger partial charge >= 0.3 is 0 Å². The standard InChI is InChI=1S/C23H24N2O6/c1-29-18-14-20(30-2)23(21(15-18)31-3)17-10-12-24(13-11-17)22(26)9-8-16-6-4-5-7-19(16)25(27)28/h4-10,14-15H,11-13H2,1-3H3/b9-8+. The summed E-state index contributed by atoms with van der Waals surface area (Å²) in [6, 6.07) is 9.91. The predicted octanol–water partition coefficient (Wildman–Crippen LogP) is 3.95. The maximum Gasteiger partial charge on any atom is 0.276 e. The minimum absolute atomic E-state index is 0.0360. The zero-order valence-corrected chi connectivity index (χ0v) is 17.7. The summed E-state index contributed by atoms with van der Waals surface area (Å²) in [5, 5.41) is 11.1. The minimum Gasteiger partial charge on any atom is -0.496 e. The van der Waals surface area contributed by atoms with E-state index < -0.39 is 4.92 Å². The van der Waals surface area contributed by atoms with Crippen LogP contribution in [-0.4, -0.2) is 50.1 Å². The Balaban J connectivity index is 1.78. The van der Waals surface area contributed by atoms with Crippen LogP contribution in [0.4, 0.5) is 5.69 Å². The Labute approximate surface area is 180 Å². The molecule has 0 N–H and O–H groups in total. The number of para-hydroxylation sites is 1. The topological polar surface area (TPSA) is 91.1 Å². The van der Waals surface area contributed by atoms with Crippen molar-refractivity contribution in [2.45, 2.75) is 6.42 Å². The van der Waals surface area contributed by atoms with Gasteiger partial charge in [0.25, 0.3) is 5.69 Å². The second kappa shape index (κ2) is 9.80. The predicted molar refractivity (Wildman–Crippen MR) is 117 cm³/mol. The lowest BCUT2D eigenvalue weighted by Gasteiger charge is -2.27. The van der Waals surface area contributed by atoms with E-state index in [1.807, 2.05) is 6.08 Å². The van der Waals surface area contributed by atoms with E-state index in [4.69, 9.17) is 14.2 Å². The van der Waals surface area contributed by atoms with Crippen LogP contribution in [-0.2, 0) is 4.79 Å². The molecular formula is C23H24N2O6. The summed E-state index contributed by atoms with van der Waals surface area (Å²) in [7, 11) is 4.75. The molecule has 162 valence electrons. The largest absolute Gasteiger partial charge is 0.496 e. The maximum atomic E-state index is 12.6. The van der Waals surface area contributed by atoms with Crippen molar-refractivity contribution in [1.29, 1.82) is 0 Å². The lowest BCUT2D eigenvalue weighted by atomic mass is 9.97. The van der Waals surface area contributed by atoms with Crippen molar-refractivity contribution in [1.82, 2.24) is 4.90 Å². The molecule has 0 spiro atoms. The molecule has 0 aliphatic carbocycles. The SMILES string of the molecule is COc1cc(OC)c(C2=CCN(C(=O)/C=C/c3ccccc3[N+](=O)[O-])CC2)c(OC)c1. The van der Waals surface area contributed by atoms with Crippen molar-refractivity contribution < 1.29 is 23.9 Å². The number of carbonyl (C=O) groups is 1. The number of ether oxygens (including phenoxy) is 3. The van der Waals surface area contributed by atoms with Gasteiger partial charge in [-0.15, -0.1) is 0 Å². The fourth-order valence-corrected chi connectivity index (χ4v) is 3.48. The average Bonchev–Trinajstić information content (AvgIpc) is 2.81. The van der Waals surface area contributed by atoms with E-state index in [0.29, 0.717) is 42.3 Å². The van der Waals surface area contributed by atoms with Crippen molar-refractivity contribution in [2.24, 2.45) is 0 Å². The number of nitro groups is 1. The third kappa shape index (κ3) is 4.85. The van der Waals surface area contributed by atoms with E-state index in [2.05, 4.69) is 0 Å². The lowest BCUT2D eigenvalue weighted by Crippen LogP contribution is -2.33. The number of hydrogen-bond acceptors (Lipinski definition) is 6. The second-order valence-corrected chi connectivity index (χ2v) is 6.82. The van der Waals surface area contributed by atoms with Crippen LogP contribution in [0.3, 0.4) is 0 Å². The van der Waals surface area contributed by atoms with Gasteiger partial charge in [-0.3, -0.25) is 14.9 Å². The molecule has 0 fully saturated rings. The molecule has 8 heteroatoms. The van der Waals surface area contributed by atoms with Crippen molar-refractivity contribution in [3.63, 3.8) is 0 Å². The minimum atomic E-state index is -0.463. The van der Waals surface area contributed by atoms with E-state index in [1.165, 1.54) is 18.2 Å². The normalized spacial score (nSPS) is 13.6. The number of methoxy groups -OCH3 is 3. The van der Waals surface area contributed by atoms with Gasteiger partial charge in [0.05, 0.1) is 37.4 Å². The quantitative estimate of drug-likeness (QED) is 0.380. The van der Waals surface area contributed by atoms with Crippen LogP contribution in [0, 0.1) is 10.1 Å². The van der Waals surface area contributed by atoms with E-state index in [0.717, 1.165) is 11.1 Å². The molecule has 1 amide bonds. The number of nitrogens with zero attached hydrogens (tertiary/aromatic N) is 2. The molecule has 1 aliphatic rings. The van der Waals surface area contributed by atoms with Crippen LogP contribution in [0.2, 0.25) is 0 Å². The highest BCUT2D eigenvalue weighted by Crippen LogP contribution is 2.40. The third-order valence-corrected chi connectivity index (χ3v) is 5.10. The second-order valence-electron chi connectivity index (χ2n) is 6.82. The highest BCUT2D eigenvalue weighted by Gasteiger charge is 2.22. The van der Waals surface area contributed by atoms with Gasteiger partial charge in [0.2, 0.25) is 5.91 Å². The molecule has 2 aromatic rings. The number of nitro benzene ring substituents is 1. The van der Waals surface area contributed by atoms with Gasteiger partial charge in [-0.25, -0.2) is 0 Å². The molecule has 1 heterocycles. The van der Waals surface area contributed by atoms with Crippen LogP contribution in [0.1, 0.15) is 17.5 Å². The van der Waals surface area contributed by atoms with E-state index in [1.54, 1.807) is 56.6 Å². The van der Waals surface area contributed by atoms with Gasteiger partial charge in [0, 0.05) is 37.4 Å². The number of benzene rings is 2. The summed E-state index contributed by atoms with van der Waals surface area (Å²) >= 11 is 0. The Hall–Kier alpha value is -3.81. The zero-order valence-electron chi connectivity index (χ0n) is 17.7. The molecule has 0 unspecified atom stereocenters. The molecule has 0 bridgehead atoms. The highest BCUT2D eigenvalue weighted by molar-refractivity contribution is 5.93. The fraction of sp³-hybridized carbons (Fsp3) is 0.261. The van der Waals surface area contributed by atoms with E-state index >= 15 is 0 Å². The van der Waals surface area contributed by atoms with Crippen molar-refractivity contribution in [3.8, 4) is 17.2 Å². The van der Waals surface area contributed by atoms with Crippen LogP contribution in [0.5, 0.6) is 17.2 Å². The van der Waals surface area contributed by atoms with Crippen LogP contribution in [0.15, 0.2) is 48.6 Å². The average molecular weight is 424 g/mol. The van der Waals surface area contributed by atoms with Gasteiger partial charge in [-0.2, -0.15) is 0 Å². The summed E-state index contributed by atoms with van der Waals surface area (Å²) in [4.78, 5) is 24.9. The van der Waals surface area contributed by atoms with E-state index in [-0.39, 0.29) is 11.6 Å². The number of hydrogen-bond donors (Lipinski definition) is 0. The Kier molecular flexibility index (Phi) is 6.92. The molecule has 8 nitrogen and oxygen atoms in total. The Morgan fingerprint density at radius 2 is 1.77 bits per heavy atom. The molecule has 0 aromatic heterocycles. The van der Waals surface area contributed by atoms with Crippen LogP contribution < -0.4 is 14.2 Å². The summed E-state index contributed by atoms with van der Waals surface area (Å²) in [5.74, 6) is 1.70. The molecule has 0 saturated heterocycles. The van der Waals surface area contributed by atoms with Gasteiger partial charge in [0.1, 0.15) is 17.2 Å². The zero-order chi connectivity index (χ0) is 22.4. The van der Waals surface area contributed by atoms with Crippen molar-refractivity contribution in [2.75, 3.05) is 34.4 Å².